The average Bonchev–Trinajstić information content (AvgIpc) is 2.44. The van der Waals surface area contributed by atoms with Gasteiger partial charge in [-0.3, -0.25) is 9.59 Å². The first-order valence-corrected chi connectivity index (χ1v) is 7.02. The van der Waals surface area contributed by atoms with E-state index in [2.05, 4.69) is 19.2 Å². The summed E-state index contributed by atoms with van der Waals surface area (Å²) in [6.45, 7) is 6.25. The van der Waals surface area contributed by atoms with Crippen molar-refractivity contribution in [1.82, 2.24) is 5.32 Å². The van der Waals surface area contributed by atoms with Crippen LogP contribution in [0.3, 0.4) is 0 Å². The van der Waals surface area contributed by atoms with Crippen molar-refractivity contribution < 1.29 is 19.1 Å². The summed E-state index contributed by atoms with van der Waals surface area (Å²) >= 11 is 0. The molecule has 0 saturated heterocycles. The van der Waals surface area contributed by atoms with Crippen LogP contribution in [0.4, 0.5) is 0 Å². The quantitative estimate of drug-likeness (QED) is 0.748. The van der Waals surface area contributed by atoms with Crippen LogP contribution < -0.4 is 14.8 Å². The zero-order valence-electron chi connectivity index (χ0n) is 13.1. The molecule has 0 aromatic heterocycles. The number of Topliss-reactive ketones (excluding diaryl/α,β-unsaturated/α-hetero) is 1. The van der Waals surface area contributed by atoms with Crippen molar-refractivity contribution >= 4 is 11.7 Å². The van der Waals surface area contributed by atoms with Crippen molar-refractivity contribution in [3.8, 4) is 11.5 Å². The molecule has 0 heterocycles. The van der Waals surface area contributed by atoms with Crippen molar-refractivity contribution in [1.29, 1.82) is 0 Å². The minimum atomic E-state index is -0.173. The lowest BCUT2D eigenvalue weighted by Crippen LogP contribution is -2.30. The second kappa shape index (κ2) is 8.29. The van der Waals surface area contributed by atoms with E-state index < -0.39 is 0 Å². The number of methoxy groups -OCH3 is 1. The molecule has 1 rings (SSSR count). The highest BCUT2D eigenvalue weighted by Gasteiger charge is 2.10. The van der Waals surface area contributed by atoms with Gasteiger partial charge in [0.2, 0.25) is 0 Å². The molecule has 21 heavy (non-hydrogen) atoms. The molecule has 5 nitrogen and oxygen atoms in total. The molecular weight excluding hydrogens is 270 g/mol. The van der Waals surface area contributed by atoms with E-state index in [1.54, 1.807) is 18.2 Å². The summed E-state index contributed by atoms with van der Waals surface area (Å²) in [5.74, 6) is 1.21. The third-order valence-corrected chi connectivity index (χ3v) is 2.97. The van der Waals surface area contributed by atoms with Gasteiger partial charge in [0, 0.05) is 12.1 Å². The largest absolute Gasteiger partial charge is 0.493 e. The highest BCUT2D eigenvalue weighted by atomic mass is 16.5. The maximum atomic E-state index is 11.6. The molecule has 0 aliphatic carbocycles. The summed E-state index contributed by atoms with van der Waals surface area (Å²) in [5, 5.41) is 2.79. The van der Waals surface area contributed by atoms with Crippen molar-refractivity contribution in [2.75, 3.05) is 20.3 Å². The van der Waals surface area contributed by atoms with Crippen LogP contribution in [0.2, 0.25) is 0 Å². The summed E-state index contributed by atoms with van der Waals surface area (Å²) in [5.41, 5.74) is 0.542. The zero-order valence-corrected chi connectivity index (χ0v) is 13.1. The monoisotopic (exact) mass is 293 g/mol. The van der Waals surface area contributed by atoms with Gasteiger partial charge in [-0.25, -0.2) is 0 Å². The average molecular weight is 293 g/mol. The Labute approximate surface area is 125 Å². The molecule has 0 aliphatic heterocycles. The second-order valence-electron chi connectivity index (χ2n) is 5.24. The molecular formula is C16H23NO4. The lowest BCUT2D eigenvalue weighted by molar-refractivity contribution is -0.123. The van der Waals surface area contributed by atoms with Gasteiger partial charge in [-0.2, -0.15) is 0 Å². The van der Waals surface area contributed by atoms with Crippen LogP contribution in [0.1, 0.15) is 37.6 Å². The number of amides is 1. The number of carbonyl (C=O) groups is 2. The van der Waals surface area contributed by atoms with E-state index in [1.165, 1.54) is 14.0 Å². The number of nitrogens with one attached hydrogen (secondary N) is 1. The van der Waals surface area contributed by atoms with Crippen LogP contribution in [0.5, 0.6) is 11.5 Å². The van der Waals surface area contributed by atoms with E-state index in [0.29, 0.717) is 29.5 Å². The van der Waals surface area contributed by atoms with Gasteiger partial charge in [-0.15, -0.1) is 0 Å². The molecule has 116 valence electrons. The summed E-state index contributed by atoms with van der Waals surface area (Å²) < 4.78 is 10.6. The Hall–Kier alpha value is -2.04. The van der Waals surface area contributed by atoms with Gasteiger partial charge in [-0.05, 0) is 37.5 Å². The molecule has 0 saturated carbocycles. The van der Waals surface area contributed by atoms with E-state index >= 15 is 0 Å². The van der Waals surface area contributed by atoms with Gasteiger partial charge in [-0.1, -0.05) is 13.8 Å². The Kier molecular flexibility index (Phi) is 6.72. The van der Waals surface area contributed by atoms with Crippen LogP contribution in [-0.2, 0) is 4.79 Å². The predicted molar refractivity (Wildman–Crippen MR) is 81.0 cm³/mol. The predicted octanol–water partition coefficient (Wildman–Crippen LogP) is 2.44. The van der Waals surface area contributed by atoms with E-state index in [9.17, 15) is 9.59 Å². The van der Waals surface area contributed by atoms with Gasteiger partial charge in [0.15, 0.2) is 23.9 Å². The summed E-state index contributed by atoms with van der Waals surface area (Å²) in [7, 11) is 1.49. The molecule has 1 aromatic rings. The first kappa shape index (κ1) is 17.0. The smallest absolute Gasteiger partial charge is 0.257 e. The fourth-order valence-corrected chi connectivity index (χ4v) is 1.70. The molecule has 1 aromatic carbocycles. The maximum absolute atomic E-state index is 11.6. The first-order valence-electron chi connectivity index (χ1n) is 7.02. The van der Waals surface area contributed by atoms with E-state index in [0.717, 1.165) is 6.42 Å². The van der Waals surface area contributed by atoms with Crippen molar-refractivity contribution in [2.24, 2.45) is 5.92 Å². The highest BCUT2D eigenvalue weighted by molar-refractivity contribution is 5.94. The number of carbonyl (C=O) groups excluding carboxylic acids is 2. The Morgan fingerprint density at radius 1 is 1.24 bits per heavy atom. The topological polar surface area (TPSA) is 64.6 Å². The van der Waals surface area contributed by atoms with E-state index in [4.69, 9.17) is 9.47 Å². The van der Waals surface area contributed by atoms with Crippen LogP contribution in [-0.4, -0.2) is 32.0 Å². The van der Waals surface area contributed by atoms with Crippen LogP contribution in [0.15, 0.2) is 18.2 Å². The standard InChI is InChI=1S/C16H23NO4/c1-11(2)7-8-17-16(19)10-21-14-6-5-13(12(3)18)9-15(14)20-4/h5-6,9,11H,7-8,10H2,1-4H3,(H,17,19). The first-order chi connectivity index (χ1) is 9.93. The van der Waals surface area contributed by atoms with Gasteiger partial charge in [0.05, 0.1) is 7.11 Å². The molecule has 5 heteroatoms. The van der Waals surface area contributed by atoms with Gasteiger partial charge >= 0.3 is 0 Å². The molecule has 0 aliphatic rings. The van der Waals surface area contributed by atoms with E-state index in [-0.39, 0.29) is 18.3 Å². The fourth-order valence-electron chi connectivity index (χ4n) is 1.70. The van der Waals surface area contributed by atoms with Gasteiger partial charge in [0.25, 0.3) is 5.91 Å². The fraction of sp³-hybridized carbons (Fsp3) is 0.500. The third kappa shape index (κ3) is 5.85. The Bertz CT molecular complexity index is 497. The normalized spacial score (nSPS) is 10.3. The van der Waals surface area contributed by atoms with Gasteiger partial charge in [0.1, 0.15) is 0 Å². The Balaban J connectivity index is 2.55. The Morgan fingerprint density at radius 2 is 1.95 bits per heavy atom. The third-order valence-electron chi connectivity index (χ3n) is 2.97. The molecule has 1 amide bonds. The zero-order chi connectivity index (χ0) is 15.8. The van der Waals surface area contributed by atoms with Crippen molar-refractivity contribution in [3.05, 3.63) is 23.8 Å². The summed E-state index contributed by atoms with van der Waals surface area (Å²) in [4.78, 5) is 22.9. The lowest BCUT2D eigenvalue weighted by atomic mass is 10.1. The van der Waals surface area contributed by atoms with Crippen molar-refractivity contribution in [3.63, 3.8) is 0 Å². The van der Waals surface area contributed by atoms with Crippen LogP contribution >= 0.6 is 0 Å². The summed E-state index contributed by atoms with van der Waals surface area (Å²) in [6, 6.07) is 4.89. The van der Waals surface area contributed by atoms with Crippen LogP contribution in [0.25, 0.3) is 0 Å². The van der Waals surface area contributed by atoms with Crippen LogP contribution in [0, 0.1) is 5.92 Å². The number of ketones is 1. The molecule has 0 atom stereocenters. The number of hydrogen-bond donors (Lipinski definition) is 1. The Morgan fingerprint density at radius 3 is 2.52 bits per heavy atom. The van der Waals surface area contributed by atoms with E-state index in [1.807, 2.05) is 0 Å². The minimum absolute atomic E-state index is 0.0497. The number of rotatable bonds is 8. The molecule has 0 fully saturated rings. The second-order valence-corrected chi connectivity index (χ2v) is 5.24. The molecule has 0 spiro atoms. The number of hydrogen-bond acceptors (Lipinski definition) is 4. The number of benzene rings is 1. The van der Waals surface area contributed by atoms with Crippen molar-refractivity contribution in [2.45, 2.75) is 27.2 Å². The molecule has 0 radical (unpaired) electrons. The van der Waals surface area contributed by atoms with Gasteiger partial charge < -0.3 is 14.8 Å². The maximum Gasteiger partial charge on any atom is 0.257 e. The lowest BCUT2D eigenvalue weighted by Gasteiger charge is -2.12. The molecule has 1 N–H and O–H groups in total. The molecule has 0 bridgehead atoms. The number of ether oxygens (including phenoxy) is 2. The SMILES string of the molecule is COc1cc(C(C)=O)ccc1OCC(=O)NCCC(C)C. The minimum Gasteiger partial charge on any atom is -0.493 e. The molecule has 0 unspecified atom stereocenters. The highest BCUT2D eigenvalue weighted by Crippen LogP contribution is 2.28. The summed E-state index contributed by atoms with van der Waals surface area (Å²) in [6.07, 6.45) is 0.933.